The first kappa shape index (κ1) is 15.8. The van der Waals surface area contributed by atoms with Crippen molar-refractivity contribution in [2.24, 2.45) is 5.73 Å². The Kier molecular flexibility index (Phi) is 6.71. The molecule has 0 radical (unpaired) electrons. The molecule has 1 aromatic rings. The molecule has 8 heteroatoms. The van der Waals surface area contributed by atoms with Crippen LogP contribution in [0.3, 0.4) is 0 Å². The first-order valence-corrected chi connectivity index (χ1v) is 5.56. The lowest BCUT2D eigenvalue weighted by molar-refractivity contribution is -0.380. The van der Waals surface area contributed by atoms with Crippen LogP contribution in [-0.4, -0.2) is 17.5 Å². The second kappa shape index (κ2) is 7.21. The van der Waals surface area contributed by atoms with E-state index in [1.807, 2.05) is 0 Å². The van der Waals surface area contributed by atoms with Crippen LogP contribution in [0.5, 0.6) is 0 Å². The summed E-state index contributed by atoms with van der Waals surface area (Å²) in [5.41, 5.74) is 6.31. The van der Waals surface area contributed by atoms with Gasteiger partial charge < -0.3 is 10.5 Å². The molecule has 0 aromatic carbocycles. The molecule has 0 aliphatic carbocycles. The lowest BCUT2D eigenvalue weighted by Crippen LogP contribution is -2.16. The van der Waals surface area contributed by atoms with Gasteiger partial charge in [0.2, 0.25) is 0 Å². The summed E-state index contributed by atoms with van der Waals surface area (Å²) in [6.45, 7) is 2.01. The molecule has 0 aliphatic rings. The Labute approximate surface area is 108 Å². The molecule has 2 N–H and O–H groups in total. The van der Waals surface area contributed by atoms with Crippen molar-refractivity contribution in [2.45, 2.75) is 19.4 Å². The first-order valence-electron chi connectivity index (χ1n) is 4.68. The smallest absolute Gasteiger partial charge is 0.324 e. The number of hydrogen-bond acceptors (Lipinski definition) is 6. The van der Waals surface area contributed by atoms with Crippen LogP contribution in [0.2, 0.25) is 0 Å². The minimum atomic E-state index is -0.552. The summed E-state index contributed by atoms with van der Waals surface area (Å²) in [6.07, 6.45) is 0.0295. The van der Waals surface area contributed by atoms with E-state index in [2.05, 4.69) is 0 Å². The van der Waals surface area contributed by atoms with Crippen LogP contribution < -0.4 is 5.73 Å². The van der Waals surface area contributed by atoms with E-state index in [0.717, 1.165) is 11.3 Å². The van der Waals surface area contributed by atoms with Crippen molar-refractivity contribution in [1.82, 2.24) is 0 Å². The molecule has 0 fully saturated rings. The fourth-order valence-corrected chi connectivity index (χ4v) is 1.94. The highest BCUT2D eigenvalue weighted by Crippen LogP contribution is 2.27. The largest absolute Gasteiger partial charge is 0.466 e. The maximum Gasteiger partial charge on any atom is 0.324 e. The van der Waals surface area contributed by atoms with E-state index in [-0.39, 0.29) is 23.8 Å². The molecular weight excluding hydrogens is 268 g/mol. The van der Waals surface area contributed by atoms with E-state index in [4.69, 9.17) is 10.5 Å². The van der Waals surface area contributed by atoms with Gasteiger partial charge >= 0.3 is 11.0 Å². The summed E-state index contributed by atoms with van der Waals surface area (Å²) in [7, 11) is 0. The van der Waals surface area contributed by atoms with E-state index < -0.39 is 16.9 Å². The van der Waals surface area contributed by atoms with E-state index in [9.17, 15) is 14.9 Å². The Hall–Kier alpha value is -1.18. The molecule has 0 aliphatic heterocycles. The second-order valence-corrected chi connectivity index (χ2v) is 3.98. The highest BCUT2D eigenvalue weighted by molar-refractivity contribution is 7.13. The van der Waals surface area contributed by atoms with Gasteiger partial charge in [0.05, 0.1) is 18.0 Å². The molecule has 6 nitrogen and oxygen atoms in total. The fraction of sp³-hybridized carbons (Fsp3) is 0.444. The van der Waals surface area contributed by atoms with E-state index in [0.29, 0.717) is 12.2 Å². The van der Waals surface area contributed by atoms with Crippen LogP contribution in [-0.2, 0) is 9.53 Å². The van der Waals surface area contributed by atoms with Gasteiger partial charge in [-0.3, -0.25) is 14.9 Å². The number of esters is 1. The number of halogens is 1. The molecule has 1 rings (SSSR count). The van der Waals surface area contributed by atoms with Gasteiger partial charge in [-0.1, -0.05) is 11.3 Å². The van der Waals surface area contributed by atoms with Gasteiger partial charge in [-0.05, 0) is 12.5 Å². The summed E-state index contributed by atoms with van der Waals surface area (Å²) in [5, 5.41) is 12.1. The first-order chi connectivity index (χ1) is 7.54. The average Bonchev–Trinajstić information content (AvgIpc) is 2.66. The molecule has 0 saturated carbocycles. The molecule has 0 saturated heterocycles. The predicted molar refractivity (Wildman–Crippen MR) is 66.4 cm³/mol. The number of nitro groups is 1. The van der Waals surface area contributed by atoms with Gasteiger partial charge in [0.15, 0.2) is 0 Å². The maximum atomic E-state index is 11.1. The number of carbonyl (C=O) groups is 1. The summed E-state index contributed by atoms with van der Waals surface area (Å²) >= 11 is 0.995. The third kappa shape index (κ3) is 4.68. The van der Waals surface area contributed by atoms with E-state index in [1.165, 1.54) is 6.07 Å². The number of nitrogens with two attached hydrogens (primary N) is 1. The monoisotopic (exact) mass is 280 g/mol. The number of thiophene rings is 1. The van der Waals surface area contributed by atoms with Gasteiger partial charge in [-0.2, -0.15) is 0 Å². The van der Waals surface area contributed by atoms with Gasteiger partial charge in [-0.15, -0.1) is 12.4 Å². The van der Waals surface area contributed by atoms with Crippen molar-refractivity contribution in [3.63, 3.8) is 0 Å². The number of hydrogen-bond donors (Lipinski definition) is 1. The van der Waals surface area contributed by atoms with Crippen LogP contribution >= 0.6 is 23.7 Å². The van der Waals surface area contributed by atoms with Gasteiger partial charge in [0.25, 0.3) is 0 Å². The SMILES string of the molecule is CCOC(=O)C[C@@H](N)c1csc([N+](=O)[O-])c1.Cl. The highest BCUT2D eigenvalue weighted by Gasteiger charge is 2.17. The lowest BCUT2D eigenvalue weighted by Gasteiger charge is -2.08. The molecule has 17 heavy (non-hydrogen) atoms. The van der Waals surface area contributed by atoms with Crippen molar-refractivity contribution >= 4 is 34.7 Å². The minimum absolute atomic E-state index is 0. The molecule has 1 aromatic heterocycles. The molecule has 1 atom stereocenters. The van der Waals surface area contributed by atoms with Crippen LogP contribution in [0.15, 0.2) is 11.4 Å². The quantitative estimate of drug-likeness (QED) is 0.506. The average molecular weight is 281 g/mol. The number of carbonyl (C=O) groups excluding carboxylic acids is 1. The standard InChI is InChI=1S/C9H12N2O4S.ClH/c1-2-15-9(12)4-7(10)6-3-8(11(13)14)16-5-6;/h3,5,7H,2,4,10H2,1H3;1H/t7-;/m1./s1. The summed E-state index contributed by atoms with van der Waals surface area (Å²) < 4.78 is 4.74. The zero-order valence-electron chi connectivity index (χ0n) is 9.12. The van der Waals surface area contributed by atoms with Gasteiger partial charge in [0, 0.05) is 17.5 Å². The molecular formula is C9H13ClN2O4S. The third-order valence-corrected chi connectivity index (χ3v) is 2.80. The Morgan fingerprint density at radius 3 is 2.82 bits per heavy atom. The summed E-state index contributed by atoms with van der Waals surface area (Å²) in [5.74, 6) is -0.399. The molecule has 1 heterocycles. The molecule has 96 valence electrons. The normalized spacial score (nSPS) is 11.4. The summed E-state index contributed by atoms with van der Waals surface area (Å²) in [6, 6.07) is 0.832. The Balaban J connectivity index is 0.00000256. The Morgan fingerprint density at radius 2 is 2.35 bits per heavy atom. The molecule has 0 spiro atoms. The Morgan fingerprint density at radius 1 is 1.71 bits per heavy atom. The zero-order chi connectivity index (χ0) is 12.1. The molecule has 0 unspecified atom stereocenters. The number of rotatable bonds is 5. The van der Waals surface area contributed by atoms with Crippen molar-refractivity contribution in [3.05, 3.63) is 27.1 Å². The number of ether oxygens (including phenoxy) is 1. The van der Waals surface area contributed by atoms with E-state index >= 15 is 0 Å². The molecule has 0 amide bonds. The lowest BCUT2D eigenvalue weighted by atomic mass is 10.1. The second-order valence-electron chi connectivity index (χ2n) is 3.09. The summed E-state index contributed by atoms with van der Waals surface area (Å²) in [4.78, 5) is 21.1. The number of nitrogens with zero attached hydrogens (tertiary/aromatic N) is 1. The fourth-order valence-electron chi connectivity index (χ4n) is 1.15. The van der Waals surface area contributed by atoms with Crippen LogP contribution in [0.4, 0.5) is 5.00 Å². The third-order valence-electron chi connectivity index (χ3n) is 1.91. The van der Waals surface area contributed by atoms with Crippen LogP contribution in [0.1, 0.15) is 24.9 Å². The highest BCUT2D eigenvalue weighted by atomic mass is 35.5. The predicted octanol–water partition coefficient (Wildman–Crippen LogP) is 2.03. The zero-order valence-corrected chi connectivity index (χ0v) is 10.8. The van der Waals surface area contributed by atoms with Crippen molar-refractivity contribution < 1.29 is 14.5 Å². The van der Waals surface area contributed by atoms with Crippen LogP contribution in [0.25, 0.3) is 0 Å². The van der Waals surface area contributed by atoms with Crippen molar-refractivity contribution in [2.75, 3.05) is 6.61 Å². The molecule has 0 bridgehead atoms. The Bertz CT molecular complexity index is 396. The topological polar surface area (TPSA) is 95.5 Å². The van der Waals surface area contributed by atoms with Crippen molar-refractivity contribution in [3.8, 4) is 0 Å². The van der Waals surface area contributed by atoms with Crippen LogP contribution in [0, 0.1) is 10.1 Å². The van der Waals surface area contributed by atoms with Crippen molar-refractivity contribution in [1.29, 1.82) is 0 Å². The van der Waals surface area contributed by atoms with Gasteiger partial charge in [0.1, 0.15) is 0 Å². The van der Waals surface area contributed by atoms with E-state index in [1.54, 1.807) is 12.3 Å². The maximum absolute atomic E-state index is 11.1. The van der Waals surface area contributed by atoms with Gasteiger partial charge in [-0.25, -0.2) is 0 Å². The minimum Gasteiger partial charge on any atom is -0.466 e.